The molecule has 0 aromatic heterocycles. The van der Waals surface area contributed by atoms with Crippen LogP contribution in [0.15, 0.2) is 59.8 Å². The summed E-state index contributed by atoms with van der Waals surface area (Å²) < 4.78 is 0. The minimum Gasteiger partial charge on any atom is -0.348 e. The van der Waals surface area contributed by atoms with E-state index in [1.54, 1.807) is 0 Å². The Balaban J connectivity index is 0.000000956. The number of fused-ring (bicyclic) bond motifs is 1. The lowest BCUT2D eigenvalue weighted by molar-refractivity contribution is 0.967. The number of hydrogen-bond acceptors (Lipinski definition) is 1. The predicted molar refractivity (Wildman–Crippen MR) is 91.2 cm³/mol. The van der Waals surface area contributed by atoms with Gasteiger partial charge in [0.1, 0.15) is 0 Å². The predicted octanol–water partition coefficient (Wildman–Crippen LogP) is 5.50. The van der Waals surface area contributed by atoms with Gasteiger partial charge in [-0.25, -0.2) is 0 Å². The third kappa shape index (κ3) is 3.86. The first-order chi connectivity index (χ1) is 9.74. The van der Waals surface area contributed by atoms with Gasteiger partial charge in [-0.3, -0.25) is 0 Å². The molecular formula is C19H27N. The van der Waals surface area contributed by atoms with Crippen LogP contribution in [0.3, 0.4) is 0 Å². The summed E-state index contributed by atoms with van der Waals surface area (Å²) in [6.45, 7) is 8.25. The second kappa shape index (κ2) is 8.42. The van der Waals surface area contributed by atoms with E-state index in [2.05, 4.69) is 67.4 Å². The van der Waals surface area contributed by atoms with Gasteiger partial charge >= 0.3 is 0 Å². The van der Waals surface area contributed by atoms with Crippen LogP contribution in [0.1, 0.15) is 39.7 Å². The third-order valence-electron chi connectivity index (χ3n) is 3.59. The van der Waals surface area contributed by atoms with E-state index < -0.39 is 0 Å². The summed E-state index contributed by atoms with van der Waals surface area (Å²) in [4.78, 5) is 2.30. The number of benzene rings is 1. The van der Waals surface area contributed by atoms with E-state index in [1.807, 2.05) is 20.8 Å². The molecule has 108 valence electrons. The molecule has 1 nitrogen and oxygen atoms in total. The fourth-order valence-electron chi connectivity index (χ4n) is 2.38. The van der Waals surface area contributed by atoms with Crippen LogP contribution >= 0.6 is 0 Å². The van der Waals surface area contributed by atoms with Crippen LogP contribution in [0.25, 0.3) is 0 Å². The van der Waals surface area contributed by atoms with Gasteiger partial charge in [0, 0.05) is 18.4 Å². The van der Waals surface area contributed by atoms with Crippen LogP contribution in [-0.4, -0.2) is 7.05 Å². The van der Waals surface area contributed by atoms with Crippen LogP contribution in [0.5, 0.6) is 0 Å². The number of hydrogen-bond donors (Lipinski definition) is 0. The van der Waals surface area contributed by atoms with E-state index in [9.17, 15) is 0 Å². The van der Waals surface area contributed by atoms with Crippen molar-refractivity contribution in [1.29, 1.82) is 0 Å². The maximum absolute atomic E-state index is 2.30. The number of nitrogens with zero attached hydrogens (tertiary/aromatic N) is 1. The normalized spacial score (nSPS) is 15.2. The lowest BCUT2D eigenvalue weighted by Crippen LogP contribution is -2.15. The minimum atomic E-state index is 1.11. The fraction of sp³-hybridized carbons (Fsp3) is 0.368. The Morgan fingerprint density at radius 1 is 1.05 bits per heavy atom. The first-order valence-electron chi connectivity index (χ1n) is 7.54. The SMILES string of the molecule is C/C=C\C=C/C1=C(C)N(C)c2ccccc2CC1.CC. The summed E-state index contributed by atoms with van der Waals surface area (Å²) in [6, 6.07) is 8.68. The van der Waals surface area contributed by atoms with Crippen LogP contribution in [0.4, 0.5) is 5.69 Å². The molecule has 1 aliphatic heterocycles. The standard InChI is InChI=1S/C17H21N.C2H6/c1-4-5-6-9-15-12-13-16-10-7-8-11-17(16)18(3)14(15)2;1-2/h4-11H,12-13H2,1-3H3;1-2H3/b5-4-,9-6-;. The molecule has 1 heterocycles. The van der Waals surface area contributed by atoms with Gasteiger partial charge in [-0.2, -0.15) is 0 Å². The monoisotopic (exact) mass is 269 g/mol. The Morgan fingerprint density at radius 2 is 1.75 bits per heavy atom. The zero-order chi connectivity index (χ0) is 15.0. The van der Waals surface area contributed by atoms with Crippen molar-refractivity contribution in [2.45, 2.75) is 40.5 Å². The highest BCUT2D eigenvalue weighted by Gasteiger charge is 2.15. The van der Waals surface area contributed by atoms with Gasteiger partial charge in [0.15, 0.2) is 0 Å². The number of rotatable bonds is 2. The molecule has 1 aliphatic rings. The zero-order valence-electron chi connectivity index (χ0n) is 13.5. The van der Waals surface area contributed by atoms with Gasteiger partial charge in [0.2, 0.25) is 0 Å². The average Bonchev–Trinajstić information content (AvgIpc) is 2.62. The molecule has 0 fully saturated rings. The van der Waals surface area contributed by atoms with Crippen LogP contribution in [0, 0.1) is 0 Å². The molecule has 0 bridgehead atoms. The van der Waals surface area contributed by atoms with Crippen molar-refractivity contribution in [3.63, 3.8) is 0 Å². The highest BCUT2D eigenvalue weighted by molar-refractivity contribution is 5.60. The Bertz CT molecular complexity index is 506. The minimum absolute atomic E-state index is 1.11. The maximum Gasteiger partial charge on any atom is 0.0438 e. The molecule has 0 N–H and O–H groups in total. The lowest BCUT2D eigenvalue weighted by atomic mass is 10.0. The molecule has 1 aromatic carbocycles. The molecule has 0 atom stereocenters. The van der Waals surface area contributed by atoms with E-state index >= 15 is 0 Å². The fourth-order valence-corrected chi connectivity index (χ4v) is 2.38. The molecule has 0 radical (unpaired) electrons. The van der Waals surface area contributed by atoms with Gasteiger partial charge in [-0.15, -0.1) is 0 Å². The lowest BCUT2D eigenvalue weighted by Gasteiger charge is -2.21. The zero-order valence-corrected chi connectivity index (χ0v) is 13.5. The smallest absolute Gasteiger partial charge is 0.0438 e. The van der Waals surface area contributed by atoms with Crippen molar-refractivity contribution in [3.8, 4) is 0 Å². The molecular weight excluding hydrogens is 242 g/mol. The van der Waals surface area contributed by atoms with E-state index in [1.165, 1.54) is 22.5 Å². The van der Waals surface area contributed by atoms with Crippen LogP contribution in [-0.2, 0) is 6.42 Å². The van der Waals surface area contributed by atoms with Crippen LogP contribution in [0.2, 0.25) is 0 Å². The second-order valence-corrected chi connectivity index (χ2v) is 4.68. The molecule has 1 aromatic rings. The van der Waals surface area contributed by atoms with Crippen molar-refractivity contribution >= 4 is 5.69 Å². The van der Waals surface area contributed by atoms with Crippen LogP contribution < -0.4 is 4.90 Å². The third-order valence-corrected chi connectivity index (χ3v) is 3.59. The number of allylic oxidation sites excluding steroid dienone is 6. The Hall–Kier alpha value is -1.76. The summed E-state index contributed by atoms with van der Waals surface area (Å²) in [6.07, 6.45) is 10.7. The van der Waals surface area contributed by atoms with E-state index in [4.69, 9.17) is 0 Å². The summed E-state index contributed by atoms with van der Waals surface area (Å²) in [5.74, 6) is 0. The first kappa shape index (κ1) is 16.3. The van der Waals surface area contributed by atoms with Crippen molar-refractivity contribution in [2.24, 2.45) is 0 Å². The Kier molecular flexibility index (Phi) is 6.86. The molecule has 1 heteroatoms. The average molecular weight is 269 g/mol. The molecule has 0 saturated heterocycles. The second-order valence-electron chi connectivity index (χ2n) is 4.68. The van der Waals surface area contributed by atoms with Crippen molar-refractivity contribution in [2.75, 3.05) is 11.9 Å². The van der Waals surface area contributed by atoms with E-state index in [-0.39, 0.29) is 0 Å². The van der Waals surface area contributed by atoms with Gasteiger partial charge < -0.3 is 4.90 Å². The van der Waals surface area contributed by atoms with Gasteiger partial charge in [-0.1, -0.05) is 56.4 Å². The van der Waals surface area contributed by atoms with Gasteiger partial charge in [0.25, 0.3) is 0 Å². The van der Waals surface area contributed by atoms with E-state index in [0.29, 0.717) is 0 Å². The maximum atomic E-state index is 2.30. The van der Waals surface area contributed by atoms with Crippen molar-refractivity contribution < 1.29 is 0 Å². The largest absolute Gasteiger partial charge is 0.348 e. The summed E-state index contributed by atoms with van der Waals surface area (Å²) >= 11 is 0. The van der Waals surface area contributed by atoms with Gasteiger partial charge in [0.05, 0.1) is 0 Å². The molecule has 0 unspecified atom stereocenters. The number of aryl methyl sites for hydroxylation is 1. The topological polar surface area (TPSA) is 3.24 Å². The highest BCUT2D eigenvalue weighted by Crippen LogP contribution is 2.30. The van der Waals surface area contributed by atoms with E-state index in [0.717, 1.165) is 12.8 Å². The van der Waals surface area contributed by atoms with Crippen molar-refractivity contribution in [3.05, 3.63) is 65.4 Å². The number of anilines is 1. The summed E-state index contributed by atoms with van der Waals surface area (Å²) in [5, 5.41) is 0. The molecule has 0 spiro atoms. The molecule has 20 heavy (non-hydrogen) atoms. The summed E-state index contributed by atoms with van der Waals surface area (Å²) in [7, 11) is 2.16. The van der Waals surface area contributed by atoms with Gasteiger partial charge in [-0.05, 0) is 43.9 Å². The molecule has 0 saturated carbocycles. The highest BCUT2D eigenvalue weighted by atomic mass is 15.1. The number of para-hydroxylation sites is 1. The molecule has 0 amide bonds. The van der Waals surface area contributed by atoms with Crippen molar-refractivity contribution in [1.82, 2.24) is 0 Å². The quantitative estimate of drug-likeness (QED) is 0.641. The first-order valence-corrected chi connectivity index (χ1v) is 7.54. The molecule has 0 aliphatic carbocycles. The molecule has 2 rings (SSSR count). The summed E-state index contributed by atoms with van der Waals surface area (Å²) in [5.41, 5.74) is 5.55. The Labute approximate surface area is 124 Å². The Morgan fingerprint density at radius 3 is 2.45 bits per heavy atom.